The molecule has 0 spiro atoms. The number of anilines is 1. The number of rotatable bonds is 7. The molecule has 8 heteroatoms. The molecule has 0 saturated carbocycles. The number of carbonyl (C=O) groups is 3. The number of amides is 4. The van der Waals surface area contributed by atoms with Crippen molar-refractivity contribution in [2.24, 2.45) is 0 Å². The summed E-state index contributed by atoms with van der Waals surface area (Å²) in [6.07, 6.45) is 2.26. The van der Waals surface area contributed by atoms with Crippen molar-refractivity contribution in [2.75, 3.05) is 25.7 Å². The SMILES string of the molecule is CCCOc1ccc(N2C(=O)NC(=O)/C(=C/c3ccc(OC)c(OC)c3)C2=O)cc1. The Morgan fingerprint density at radius 3 is 2.30 bits per heavy atom. The Morgan fingerprint density at radius 1 is 0.967 bits per heavy atom. The van der Waals surface area contributed by atoms with E-state index in [0.717, 1.165) is 11.3 Å². The first-order valence-corrected chi connectivity index (χ1v) is 9.34. The fraction of sp³-hybridized carbons (Fsp3) is 0.227. The van der Waals surface area contributed by atoms with Gasteiger partial charge in [-0.15, -0.1) is 0 Å². The fourth-order valence-corrected chi connectivity index (χ4v) is 2.91. The van der Waals surface area contributed by atoms with E-state index in [4.69, 9.17) is 14.2 Å². The van der Waals surface area contributed by atoms with Gasteiger partial charge in [-0.05, 0) is 54.5 Å². The minimum Gasteiger partial charge on any atom is -0.494 e. The molecule has 0 atom stereocenters. The number of hydrogen-bond donors (Lipinski definition) is 1. The lowest BCUT2D eigenvalue weighted by Crippen LogP contribution is -2.54. The molecule has 1 fully saturated rings. The molecule has 0 aliphatic carbocycles. The Kier molecular flexibility index (Phi) is 6.36. The summed E-state index contributed by atoms with van der Waals surface area (Å²) in [7, 11) is 3.00. The van der Waals surface area contributed by atoms with Crippen molar-refractivity contribution in [1.82, 2.24) is 5.32 Å². The molecule has 0 radical (unpaired) electrons. The average molecular weight is 410 g/mol. The van der Waals surface area contributed by atoms with Crippen LogP contribution in [0.25, 0.3) is 6.08 Å². The molecule has 1 aliphatic rings. The molecule has 8 nitrogen and oxygen atoms in total. The summed E-state index contributed by atoms with van der Waals surface area (Å²) in [5, 5.41) is 2.20. The van der Waals surface area contributed by atoms with Crippen molar-refractivity contribution in [2.45, 2.75) is 13.3 Å². The highest BCUT2D eigenvalue weighted by Gasteiger charge is 2.36. The molecule has 1 aliphatic heterocycles. The van der Waals surface area contributed by atoms with E-state index in [-0.39, 0.29) is 5.57 Å². The smallest absolute Gasteiger partial charge is 0.335 e. The number of urea groups is 1. The van der Waals surface area contributed by atoms with Crippen LogP contribution >= 0.6 is 0 Å². The summed E-state index contributed by atoms with van der Waals surface area (Å²) >= 11 is 0. The summed E-state index contributed by atoms with van der Waals surface area (Å²) in [6, 6.07) is 10.7. The van der Waals surface area contributed by atoms with E-state index in [0.29, 0.717) is 35.1 Å². The van der Waals surface area contributed by atoms with Crippen LogP contribution < -0.4 is 24.4 Å². The van der Waals surface area contributed by atoms with Crippen molar-refractivity contribution >= 4 is 29.6 Å². The molecule has 1 heterocycles. The topological polar surface area (TPSA) is 94.2 Å². The molecule has 4 amide bonds. The number of imide groups is 2. The summed E-state index contributed by atoms with van der Waals surface area (Å²) < 4.78 is 16.0. The highest BCUT2D eigenvalue weighted by molar-refractivity contribution is 6.39. The number of ether oxygens (including phenoxy) is 3. The highest BCUT2D eigenvalue weighted by atomic mass is 16.5. The lowest BCUT2D eigenvalue weighted by molar-refractivity contribution is -0.122. The van der Waals surface area contributed by atoms with Crippen LogP contribution in [-0.4, -0.2) is 38.7 Å². The normalized spacial score (nSPS) is 15.2. The maximum Gasteiger partial charge on any atom is 0.335 e. The lowest BCUT2D eigenvalue weighted by Gasteiger charge is -2.26. The standard InChI is InChI=1S/C22H22N2O6/c1-4-11-30-16-8-6-15(7-9-16)24-21(26)17(20(25)23-22(24)27)12-14-5-10-18(28-2)19(13-14)29-3/h5-10,12-13H,4,11H2,1-3H3,(H,23,25,27)/b17-12-. The molecule has 0 aromatic heterocycles. The molecule has 156 valence electrons. The van der Waals surface area contributed by atoms with Crippen LogP contribution in [0.2, 0.25) is 0 Å². The van der Waals surface area contributed by atoms with Crippen LogP contribution in [0.15, 0.2) is 48.0 Å². The van der Waals surface area contributed by atoms with E-state index in [1.165, 1.54) is 20.3 Å². The third kappa shape index (κ3) is 4.27. The van der Waals surface area contributed by atoms with E-state index < -0.39 is 17.8 Å². The number of carbonyl (C=O) groups excluding carboxylic acids is 3. The van der Waals surface area contributed by atoms with E-state index in [2.05, 4.69) is 5.32 Å². The second-order valence-electron chi connectivity index (χ2n) is 6.41. The van der Waals surface area contributed by atoms with Crippen LogP contribution in [0.1, 0.15) is 18.9 Å². The Balaban J connectivity index is 1.91. The van der Waals surface area contributed by atoms with Gasteiger partial charge >= 0.3 is 6.03 Å². The molecule has 2 aromatic carbocycles. The Morgan fingerprint density at radius 2 is 1.67 bits per heavy atom. The Labute approximate surface area is 174 Å². The van der Waals surface area contributed by atoms with Gasteiger partial charge in [0.25, 0.3) is 11.8 Å². The average Bonchev–Trinajstić information content (AvgIpc) is 2.75. The van der Waals surface area contributed by atoms with Crippen LogP contribution in [0.3, 0.4) is 0 Å². The number of methoxy groups -OCH3 is 2. The maximum absolute atomic E-state index is 13.0. The van der Waals surface area contributed by atoms with Gasteiger partial charge in [-0.2, -0.15) is 0 Å². The van der Waals surface area contributed by atoms with Gasteiger partial charge < -0.3 is 14.2 Å². The van der Waals surface area contributed by atoms with E-state index in [1.807, 2.05) is 6.92 Å². The first-order valence-electron chi connectivity index (χ1n) is 9.34. The number of hydrogen-bond acceptors (Lipinski definition) is 6. The van der Waals surface area contributed by atoms with Gasteiger partial charge in [0.15, 0.2) is 11.5 Å². The minimum atomic E-state index is -0.809. The fourth-order valence-electron chi connectivity index (χ4n) is 2.91. The van der Waals surface area contributed by atoms with Gasteiger partial charge in [-0.1, -0.05) is 13.0 Å². The number of nitrogens with one attached hydrogen (secondary N) is 1. The third-order valence-electron chi connectivity index (χ3n) is 4.39. The van der Waals surface area contributed by atoms with Gasteiger partial charge in [0.05, 0.1) is 26.5 Å². The highest BCUT2D eigenvalue weighted by Crippen LogP contribution is 2.29. The Bertz CT molecular complexity index is 997. The number of barbiturate groups is 1. The van der Waals surface area contributed by atoms with Crippen LogP contribution in [0.4, 0.5) is 10.5 Å². The van der Waals surface area contributed by atoms with Crippen LogP contribution in [0, 0.1) is 0 Å². The lowest BCUT2D eigenvalue weighted by atomic mass is 10.1. The first-order chi connectivity index (χ1) is 14.5. The zero-order chi connectivity index (χ0) is 21.7. The van der Waals surface area contributed by atoms with E-state index in [9.17, 15) is 14.4 Å². The summed E-state index contributed by atoms with van der Waals surface area (Å²) in [5.41, 5.74) is 0.698. The van der Waals surface area contributed by atoms with Crippen molar-refractivity contribution < 1.29 is 28.6 Å². The third-order valence-corrected chi connectivity index (χ3v) is 4.39. The molecule has 1 saturated heterocycles. The van der Waals surface area contributed by atoms with Gasteiger partial charge in [0.2, 0.25) is 0 Å². The van der Waals surface area contributed by atoms with Crippen molar-refractivity contribution in [3.8, 4) is 17.2 Å². The molecule has 1 N–H and O–H groups in total. The zero-order valence-electron chi connectivity index (χ0n) is 16.9. The van der Waals surface area contributed by atoms with Crippen molar-refractivity contribution in [3.05, 3.63) is 53.6 Å². The van der Waals surface area contributed by atoms with Crippen LogP contribution in [0.5, 0.6) is 17.2 Å². The van der Waals surface area contributed by atoms with Gasteiger partial charge in [0.1, 0.15) is 11.3 Å². The maximum atomic E-state index is 13.0. The van der Waals surface area contributed by atoms with Gasteiger partial charge in [0, 0.05) is 0 Å². The number of benzene rings is 2. The summed E-state index contributed by atoms with van der Waals surface area (Å²) in [4.78, 5) is 38.5. The molecule has 0 bridgehead atoms. The van der Waals surface area contributed by atoms with Crippen molar-refractivity contribution in [3.63, 3.8) is 0 Å². The Hall–Kier alpha value is -3.81. The summed E-state index contributed by atoms with van der Waals surface area (Å²) in [6.45, 7) is 2.56. The molecule has 0 unspecified atom stereocenters. The molecule has 2 aromatic rings. The monoisotopic (exact) mass is 410 g/mol. The largest absolute Gasteiger partial charge is 0.494 e. The second-order valence-corrected chi connectivity index (χ2v) is 6.41. The predicted octanol–water partition coefficient (Wildman–Crippen LogP) is 3.16. The van der Waals surface area contributed by atoms with E-state index >= 15 is 0 Å². The molecule has 3 rings (SSSR count). The van der Waals surface area contributed by atoms with Crippen molar-refractivity contribution in [1.29, 1.82) is 0 Å². The minimum absolute atomic E-state index is 0.173. The number of nitrogens with zero attached hydrogens (tertiary/aromatic N) is 1. The predicted molar refractivity (Wildman–Crippen MR) is 111 cm³/mol. The second kappa shape index (κ2) is 9.13. The van der Waals surface area contributed by atoms with Crippen LogP contribution in [-0.2, 0) is 9.59 Å². The van der Waals surface area contributed by atoms with Gasteiger partial charge in [-0.3, -0.25) is 14.9 Å². The molecular weight excluding hydrogens is 388 g/mol. The molecular formula is C22H22N2O6. The first kappa shape index (κ1) is 20.9. The quantitative estimate of drug-likeness (QED) is 0.557. The van der Waals surface area contributed by atoms with Gasteiger partial charge in [-0.25, -0.2) is 9.69 Å². The molecule has 30 heavy (non-hydrogen) atoms. The zero-order valence-corrected chi connectivity index (χ0v) is 16.9. The summed E-state index contributed by atoms with van der Waals surface area (Å²) in [5.74, 6) is 0.106. The van der Waals surface area contributed by atoms with E-state index in [1.54, 1.807) is 42.5 Å².